The van der Waals surface area contributed by atoms with Crippen molar-refractivity contribution in [1.82, 2.24) is 15.0 Å². The van der Waals surface area contributed by atoms with Crippen LogP contribution in [0.5, 0.6) is 0 Å². The molecule has 0 atom stereocenters. The van der Waals surface area contributed by atoms with Crippen molar-refractivity contribution < 1.29 is 30.7 Å². The molecule has 0 aliphatic rings. The molecule has 2 aromatic heterocycles. The van der Waals surface area contributed by atoms with Gasteiger partial charge in [0.15, 0.2) is 5.82 Å². The summed E-state index contributed by atoms with van der Waals surface area (Å²) >= 11 is 0. The minimum Gasteiger partial charge on any atom is -0.251 e. The van der Waals surface area contributed by atoms with E-state index in [1.165, 1.54) is 36.4 Å². The molecular formula is C25H12F7N3. The van der Waals surface area contributed by atoms with Crippen molar-refractivity contribution in [3.8, 4) is 34.5 Å². The summed E-state index contributed by atoms with van der Waals surface area (Å²) in [7, 11) is 0. The quantitative estimate of drug-likeness (QED) is 0.231. The van der Waals surface area contributed by atoms with Crippen molar-refractivity contribution in [2.45, 2.75) is 12.4 Å². The van der Waals surface area contributed by atoms with Crippen LogP contribution in [0, 0.1) is 17.7 Å². The molecule has 2 heterocycles. The van der Waals surface area contributed by atoms with E-state index in [-0.39, 0.29) is 22.6 Å². The molecule has 0 amide bonds. The van der Waals surface area contributed by atoms with Crippen LogP contribution in [0.15, 0.2) is 72.9 Å². The second-order valence-corrected chi connectivity index (χ2v) is 7.23. The van der Waals surface area contributed by atoms with E-state index in [4.69, 9.17) is 0 Å². The van der Waals surface area contributed by atoms with Crippen molar-refractivity contribution in [3.05, 3.63) is 101 Å². The average molecular weight is 487 g/mol. The largest absolute Gasteiger partial charge is 0.433 e. The third-order valence-corrected chi connectivity index (χ3v) is 4.68. The smallest absolute Gasteiger partial charge is 0.251 e. The van der Waals surface area contributed by atoms with E-state index in [1.807, 2.05) is 0 Å². The van der Waals surface area contributed by atoms with Gasteiger partial charge in [0.2, 0.25) is 0 Å². The van der Waals surface area contributed by atoms with Gasteiger partial charge in [-0.3, -0.25) is 4.98 Å². The first kappa shape index (κ1) is 23.9. The van der Waals surface area contributed by atoms with Crippen LogP contribution in [0.2, 0.25) is 0 Å². The van der Waals surface area contributed by atoms with Gasteiger partial charge in [-0.15, -0.1) is 0 Å². The van der Waals surface area contributed by atoms with Crippen LogP contribution < -0.4 is 0 Å². The average Bonchev–Trinajstić information content (AvgIpc) is 2.82. The number of pyridine rings is 1. The van der Waals surface area contributed by atoms with E-state index < -0.39 is 29.6 Å². The van der Waals surface area contributed by atoms with E-state index in [0.717, 1.165) is 12.3 Å². The molecular weight excluding hydrogens is 475 g/mol. The van der Waals surface area contributed by atoms with Crippen LogP contribution >= 0.6 is 0 Å². The van der Waals surface area contributed by atoms with Crippen LogP contribution in [0.4, 0.5) is 30.7 Å². The molecule has 0 spiro atoms. The Morgan fingerprint density at radius 3 is 1.94 bits per heavy atom. The molecule has 35 heavy (non-hydrogen) atoms. The first-order chi connectivity index (χ1) is 16.5. The summed E-state index contributed by atoms with van der Waals surface area (Å²) in [6, 6.07) is 13.9. The van der Waals surface area contributed by atoms with Crippen molar-refractivity contribution in [1.29, 1.82) is 0 Å². The van der Waals surface area contributed by atoms with Crippen LogP contribution in [-0.2, 0) is 12.4 Å². The molecule has 0 radical (unpaired) electrons. The van der Waals surface area contributed by atoms with E-state index in [9.17, 15) is 30.7 Å². The lowest BCUT2D eigenvalue weighted by Crippen LogP contribution is -2.11. The second kappa shape index (κ2) is 9.18. The maximum atomic E-state index is 13.5. The lowest BCUT2D eigenvalue weighted by atomic mass is 10.1. The highest BCUT2D eigenvalue weighted by atomic mass is 19.4. The summed E-state index contributed by atoms with van der Waals surface area (Å²) in [6.45, 7) is 0. The predicted molar refractivity (Wildman–Crippen MR) is 113 cm³/mol. The zero-order valence-electron chi connectivity index (χ0n) is 17.4. The minimum absolute atomic E-state index is 0.0422. The number of rotatable bonds is 2. The molecule has 0 fully saturated rings. The standard InChI is InChI=1S/C25H12F7N3/c26-19-9-6-15(7-10-19)4-5-16-2-1-3-17(12-16)23-34-20(13-22(35-23)25(30,31)32)18-8-11-21(33-14-18)24(27,28)29/h1-3,6-14H. The molecule has 4 rings (SSSR count). The summed E-state index contributed by atoms with van der Waals surface area (Å²) in [6.07, 6.45) is -8.71. The van der Waals surface area contributed by atoms with Gasteiger partial charge in [-0.1, -0.05) is 24.0 Å². The lowest BCUT2D eigenvalue weighted by molar-refractivity contribution is -0.141. The summed E-state index contributed by atoms with van der Waals surface area (Å²) in [4.78, 5) is 11.0. The normalized spacial score (nSPS) is 11.6. The van der Waals surface area contributed by atoms with Crippen LogP contribution in [-0.4, -0.2) is 15.0 Å². The van der Waals surface area contributed by atoms with Crippen molar-refractivity contribution >= 4 is 0 Å². The van der Waals surface area contributed by atoms with E-state index >= 15 is 0 Å². The summed E-state index contributed by atoms with van der Waals surface area (Å²) in [5.74, 6) is 4.95. The first-order valence-electron chi connectivity index (χ1n) is 9.87. The zero-order chi connectivity index (χ0) is 25.2. The van der Waals surface area contributed by atoms with Crippen LogP contribution in [0.3, 0.4) is 0 Å². The Kier molecular flexibility index (Phi) is 6.26. The van der Waals surface area contributed by atoms with E-state index in [1.54, 1.807) is 12.1 Å². The van der Waals surface area contributed by atoms with Crippen molar-refractivity contribution in [2.75, 3.05) is 0 Å². The molecule has 3 nitrogen and oxygen atoms in total. The lowest BCUT2D eigenvalue weighted by Gasteiger charge is -2.12. The molecule has 0 N–H and O–H groups in total. The summed E-state index contributed by atoms with van der Waals surface area (Å²) < 4.78 is 91.9. The highest BCUT2D eigenvalue weighted by molar-refractivity contribution is 5.65. The maximum Gasteiger partial charge on any atom is 0.433 e. The van der Waals surface area contributed by atoms with Gasteiger partial charge in [-0.2, -0.15) is 26.3 Å². The molecule has 0 aliphatic heterocycles. The number of halogens is 7. The molecule has 2 aromatic carbocycles. The Bertz CT molecular complexity index is 1410. The van der Waals surface area contributed by atoms with E-state index in [2.05, 4.69) is 26.8 Å². The fourth-order valence-electron chi connectivity index (χ4n) is 3.00. The Balaban J connectivity index is 1.75. The molecule has 0 unspecified atom stereocenters. The maximum absolute atomic E-state index is 13.5. The van der Waals surface area contributed by atoms with E-state index in [0.29, 0.717) is 23.3 Å². The Morgan fingerprint density at radius 2 is 1.31 bits per heavy atom. The predicted octanol–water partition coefficient (Wildman–Crippen LogP) is 6.78. The van der Waals surface area contributed by atoms with Gasteiger partial charge in [0.05, 0.1) is 5.69 Å². The number of alkyl halides is 6. The first-order valence-corrected chi connectivity index (χ1v) is 9.87. The second-order valence-electron chi connectivity index (χ2n) is 7.23. The molecule has 0 saturated heterocycles. The van der Waals surface area contributed by atoms with Gasteiger partial charge >= 0.3 is 12.4 Å². The van der Waals surface area contributed by atoms with Crippen LogP contribution in [0.25, 0.3) is 22.6 Å². The molecule has 10 heteroatoms. The SMILES string of the molecule is Fc1ccc(C#Cc2cccc(-c3nc(-c4ccc(C(F)(F)F)nc4)cc(C(F)(F)F)n3)c2)cc1. The number of hydrogen-bond donors (Lipinski definition) is 0. The van der Waals surface area contributed by atoms with Crippen LogP contribution in [0.1, 0.15) is 22.5 Å². The Morgan fingerprint density at radius 1 is 0.629 bits per heavy atom. The van der Waals surface area contributed by atoms with Gasteiger partial charge in [0.25, 0.3) is 0 Å². The number of nitrogens with zero attached hydrogens (tertiary/aromatic N) is 3. The monoisotopic (exact) mass is 487 g/mol. The molecule has 176 valence electrons. The highest BCUT2D eigenvalue weighted by Crippen LogP contribution is 2.33. The third kappa shape index (κ3) is 5.81. The summed E-state index contributed by atoms with van der Waals surface area (Å²) in [5, 5.41) is 0. The number of benzene rings is 2. The van der Waals surface area contributed by atoms with Gasteiger partial charge in [0, 0.05) is 28.5 Å². The topological polar surface area (TPSA) is 38.7 Å². The van der Waals surface area contributed by atoms with Crippen molar-refractivity contribution in [3.63, 3.8) is 0 Å². The van der Waals surface area contributed by atoms with Gasteiger partial charge in [-0.05, 0) is 54.6 Å². The van der Waals surface area contributed by atoms with Gasteiger partial charge in [0.1, 0.15) is 17.2 Å². The minimum atomic E-state index is -4.83. The Hall–Kier alpha value is -4.26. The third-order valence-electron chi connectivity index (χ3n) is 4.68. The molecule has 4 aromatic rings. The molecule has 0 aliphatic carbocycles. The highest BCUT2D eigenvalue weighted by Gasteiger charge is 2.35. The van der Waals surface area contributed by atoms with Gasteiger partial charge < -0.3 is 0 Å². The van der Waals surface area contributed by atoms with Crippen molar-refractivity contribution in [2.24, 2.45) is 0 Å². The number of aromatic nitrogens is 3. The van der Waals surface area contributed by atoms with Gasteiger partial charge in [-0.25, -0.2) is 14.4 Å². The fourth-order valence-corrected chi connectivity index (χ4v) is 3.00. The Labute approximate surface area is 194 Å². The summed E-state index contributed by atoms with van der Waals surface area (Å²) in [5.41, 5.74) is -1.55. The fraction of sp³-hybridized carbons (Fsp3) is 0.0800. The zero-order valence-corrected chi connectivity index (χ0v) is 17.4. The molecule has 0 bridgehead atoms. The molecule has 0 saturated carbocycles. The number of hydrogen-bond acceptors (Lipinski definition) is 3.